The van der Waals surface area contributed by atoms with Crippen molar-refractivity contribution in [2.24, 2.45) is 0 Å². The molecule has 0 aromatic carbocycles. The fraction of sp³-hybridized carbons (Fsp3) is 0.652. The van der Waals surface area contributed by atoms with Crippen molar-refractivity contribution < 1.29 is 5.11 Å². The maximum Gasteiger partial charge on any atom is 0.0657 e. The highest BCUT2D eigenvalue weighted by atomic mass is 16.3. The van der Waals surface area contributed by atoms with E-state index in [1.165, 1.54) is 22.3 Å². The highest BCUT2D eigenvalue weighted by Gasteiger charge is 2.17. The van der Waals surface area contributed by atoms with E-state index in [1.807, 2.05) is 6.92 Å². The minimum Gasteiger partial charge on any atom is -0.390 e. The summed E-state index contributed by atoms with van der Waals surface area (Å²) < 4.78 is 0. The molecule has 1 unspecified atom stereocenters. The SMILES string of the molecule is CC(C)=CCCC(C)=CCCC(C)(O)CC=C(C)CCC=C(C)C. The minimum absolute atomic E-state index is 0.603. The molecule has 0 aliphatic heterocycles. The lowest BCUT2D eigenvalue weighted by molar-refractivity contribution is 0.0548. The zero-order chi connectivity index (χ0) is 18.6. The molecule has 0 heterocycles. The van der Waals surface area contributed by atoms with Crippen molar-refractivity contribution in [2.45, 2.75) is 99.0 Å². The van der Waals surface area contributed by atoms with Gasteiger partial charge in [-0.15, -0.1) is 0 Å². The normalized spacial score (nSPS) is 15.0. The maximum absolute atomic E-state index is 10.5. The van der Waals surface area contributed by atoms with E-state index in [9.17, 15) is 5.11 Å². The molecule has 0 rings (SSSR count). The molecule has 1 atom stereocenters. The second-order valence-corrected chi connectivity index (χ2v) is 7.98. The van der Waals surface area contributed by atoms with Crippen LogP contribution in [0.3, 0.4) is 0 Å². The van der Waals surface area contributed by atoms with E-state index in [0.717, 1.165) is 44.9 Å². The van der Waals surface area contributed by atoms with Gasteiger partial charge in [-0.2, -0.15) is 0 Å². The summed E-state index contributed by atoms with van der Waals surface area (Å²) in [5.74, 6) is 0. The number of rotatable bonds is 11. The van der Waals surface area contributed by atoms with Crippen LogP contribution in [0.1, 0.15) is 93.4 Å². The van der Waals surface area contributed by atoms with Gasteiger partial charge >= 0.3 is 0 Å². The van der Waals surface area contributed by atoms with Gasteiger partial charge < -0.3 is 5.11 Å². The van der Waals surface area contributed by atoms with Crippen LogP contribution in [-0.4, -0.2) is 10.7 Å². The summed E-state index contributed by atoms with van der Waals surface area (Å²) >= 11 is 0. The summed E-state index contributed by atoms with van der Waals surface area (Å²) in [5, 5.41) is 10.5. The van der Waals surface area contributed by atoms with Crippen LogP contribution in [0, 0.1) is 0 Å². The molecule has 0 bridgehead atoms. The van der Waals surface area contributed by atoms with Crippen molar-refractivity contribution in [3.63, 3.8) is 0 Å². The lowest BCUT2D eigenvalue weighted by Gasteiger charge is -2.21. The van der Waals surface area contributed by atoms with E-state index in [4.69, 9.17) is 0 Å². The van der Waals surface area contributed by atoms with Crippen LogP contribution in [0.15, 0.2) is 46.6 Å². The molecule has 0 aliphatic rings. The Balaban J connectivity index is 4.20. The summed E-state index contributed by atoms with van der Waals surface area (Å²) in [6, 6.07) is 0. The molecule has 0 saturated carbocycles. The van der Waals surface area contributed by atoms with Gasteiger partial charge in [0.1, 0.15) is 0 Å². The number of hydrogen-bond acceptors (Lipinski definition) is 1. The smallest absolute Gasteiger partial charge is 0.0657 e. The van der Waals surface area contributed by atoms with Crippen molar-refractivity contribution in [2.75, 3.05) is 0 Å². The molecule has 0 saturated heterocycles. The van der Waals surface area contributed by atoms with E-state index in [-0.39, 0.29) is 0 Å². The first-order valence-corrected chi connectivity index (χ1v) is 9.43. The summed E-state index contributed by atoms with van der Waals surface area (Å²) in [4.78, 5) is 0. The Morgan fingerprint density at radius 2 is 1.17 bits per heavy atom. The fourth-order valence-electron chi connectivity index (χ4n) is 2.51. The Morgan fingerprint density at radius 1 is 0.708 bits per heavy atom. The highest BCUT2D eigenvalue weighted by Crippen LogP contribution is 2.21. The average molecular weight is 333 g/mol. The first-order chi connectivity index (χ1) is 11.1. The lowest BCUT2D eigenvalue weighted by Crippen LogP contribution is -2.22. The molecule has 0 aromatic heterocycles. The molecule has 0 aromatic rings. The Morgan fingerprint density at radius 3 is 1.62 bits per heavy atom. The van der Waals surface area contributed by atoms with Crippen molar-refractivity contribution in [3.05, 3.63) is 46.6 Å². The molecule has 0 radical (unpaired) electrons. The van der Waals surface area contributed by atoms with Gasteiger partial charge in [0.25, 0.3) is 0 Å². The van der Waals surface area contributed by atoms with Crippen LogP contribution in [0.4, 0.5) is 0 Å². The van der Waals surface area contributed by atoms with Crippen LogP contribution in [0.25, 0.3) is 0 Å². The second-order valence-electron chi connectivity index (χ2n) is 7.98. The third-order valence-corrected chi connectivity index (χ3v) is 4.25. The monoisotopic (exact) mass is 332 g/mol. The van der Waals surface area contributed by atoms with Crippen LogP contribution in [0.2, 0.25) is 0 Å². The molecule has 1 nitrogen and oxygen atoms in total. The number of allylic oxidation sites excluding steroid dienone is 7. The van der Waals surface area contributed by atoms with E-state index >= 15 is 0 Å². The first kappa shape index (κ1) is 22.9. The molecule has 0 fully saturated rings. The lowest BCUT2D eigenvalue weighted by atomic mass is 9.93. The molecule has 0 spiro atoms. The van der Waals surface area contributed by atoms with E-state index in [2.05, 4.69) is 65.8 Å². The molecule has 24 heavy (non-hydrogen) atoms. The predicted octanol–water partition coefficient (Wildman–Crippen LogP) is 7.29. The molecule has 0 aliphatic carbocycles. The summed E-state index contributed by atoms with van der Waals surface area (Å²) in [5.41, 5.74) is 4.96. The van der Waals surface area contributed by atoms with Crippen LogP contribution in [-0.2, 0) is 0 Å². The van der Waals surface area contributed by atoms with Gasteiger partial charge in [0, 0.05) is 0 Å². The van der Waals surface area contributed by atoms with Gasteiger partial charge in [-0.3, -0.25) is 0 Å². The molecular formula is C23H40O. The second kappa shape index (κ2) is 12.3. The quantitative estimate of drug-likeness (QED) is 0.394. The highest BCUT2D eigenvalue weighted by molar-refractivity contribution is 5.05. The predicted molar refractivity (Wildman–Crippen MR) is 109 cm³/mol. The van der Waals surface area contributed by atoms with E-state index in [0.29, 0.717) is 0 Å². The fourth-order valence-corrected chi connectivity index (χ4v) is 2.51. The summed E-state index contributed by atoms with van der Waals surface area (Å²) in [7, 11) is 0. The first-order valence-electron chi connectivity index (χ1n) is 9.43. The number of aliphatic hydroxyl groups is 1. The average Bonchev–Trinajstić information content (AvgIpc) is 2.44. The standard InChI is InChI=1S/C23H40O/c1-19(2)11-8-13-21(5)15-10-17-23(7,24)18-16-22(6)14-9-12-20(3)4/h11-12,15-16,24H,8-10,13-14,17-18H2,1-7H3. The van der Waals surface area contributed by atoms with Crippen LogP contribution < -0.4 is 0 Å². The van der Waals surface area contributed by atoms with Crippen molar-refractivity contribution in [3.8, 4) is 0 Å². The summed E-state index contributed by atoms with van der Waals surface area (Å²) in [6.45, 7) is 14.9. The number of hydrogen-bond donors (Lipinski definition) is 1. The van der Waals surface area contributed by atoms with Crippen molar-refractivity contribution >= 4 is 0 Å². The zero-order valence-corrected chi connectivity index (χ0v) is 17.2. The molecule has 1 N–H and O–H groups in total. The molecule has 0 amide bonds. The van der Waals surface area contributed by atoms with Gasteiger partial charge in [0.15, 0.2) is 0 Å². The zero-order valence-electron chi connectivity index (χ0n) is 17.2. The maximum atomic E-state index is 10.5. The van der Waals surface area contributed by atoms with Crippen molar-refractivity contribution in [1.82, 2.24) is 0 Å². The molecular weight excluding hydrogens is 292 g/mol. The van der Waals surface area contributed by atoms with Gasteiger partial charge in [-0.05, 0) is 93.4 Å². The Labute approximate surface area is 151 Å². The molecule has 1 heteroatoms. The topological polar surface area (TPSA) is 20.2 Å². The Kier molecular flexibility index (Phi) is 11.8. The Hall–Kier alpha value is -1.08. The minimum atomic E-state index is -0.603. The third kappa shape index (κ3) is 14.5. The van der Waals surface area contributed by atoms with E-state index in [1.54, 1.807) is 0 Å². The van der Waals surface area contributed by atoms with Gasteiger partial charge in [-0.25, -0.2) is 0 Å². The van der Waals surface area contributed by atoms with Crippen molar-refractivity contribution in [1.29, 1.82) is 0 Å². The molecule has 138 valence electrons. The Bertz CT molecular complexity index is 464. The van der Waals surface area contributed by atoms with Gasteiger partial charge in [0.05, 0.1) is 5.60 Å². The van der Waals surface area contributed by atoms with Crippen LogP contribution >= 0.6 is 0 Å². The van der Waals surface area contributed by atoms with Gasteiger partial charge in [-0.1, -0.05) is 46.6 Å². The van der Waals surface area contributed by atoms with Gasteiger partial charge in [0.2, 0.25) is 0 Å². The van der Waals surface area contributed by atoms with E-state index < -0.39 is 5.60 Å². The largest absolute Gasteiger partial charge is 0.390 e. The third-order valence-electron chi connectivity index (χ3n) is 4.25. The van der Waals surface area contributed by atoms with Crippen LogP contribution in [0.5, 0.6) is 0 Å². The summed E-state index contributed by atoms with van der Waals surface area (Å²) in [6.07, 6.45) is 16.0.